The van der Waals surface area contributed by atoms with Gasteiger partial charge in [0.1, 0.15) is 6.33 Å². The van der Waals surface area contributed by atoms with Gasteiger partial charge in [-0.25, -0.2) is 9.97 Å². The third-order valence-electron chi connectivity index (χ3n) is 8.05. The first-order valence-corrected chi connectivity index (χ1v) is 15.9. The van der Waals surface area contributed by atoms with E-state index < -0.39 is 6.04 Å². The molecule has 0 saturated carbocycles. The highest BCUT2D eigenvalue weighted by Gasteiger charge is 2.28. The highest BCUT2D eigenvalue weighted by Crippen LogP contribution is 2.42. The van der Waals surface area contributed by atoms with Crippen LogP contribution < -0.4 is 5.32 Å². The number of aromatic nitrogens is 2. The number of aliphatic hydroxyl groups is 1. The largest absolute Gasteiger partial charge is 0.394 e. The molecule has 1 amide bonds. The number of amides is 1. The molecule has 0 spiro atoms. The summed E-state index contributed by atoms with van der Waals surface area (Å²) in [6.45, 7) is 14.7. The number of aliphatic hydroxyl groups excluding tert-OH is 1. The van der Waals surface area contributed by atoms with Gasteiger partial charge in [0.15, 0.2) is 0 Å². The van der Waals surface area contributed by atoms with Crippen LogP contribution in [0.25, 0.3) is 17.3 Å². The first-order valence-electron chi connectivity index (χ1n) is 13.9. The van der Waals surface area contributed by atoms with Crippen LogP contribution in [0.15, 0.2) is 59.3 Å². The third-order valence-corrected chi connectivity index (χ3v) is 10.3. The molecule has 5 nitrogen and oxygen atoms in total. The van der Waals surface area contributed by atoms with E-state index in [1.54, 1.807) is 6.33 Å². The fraction of sp³-hybridized carbons (Fsp3) is 0.469. The van der Waals surface area contributed by atoms with Crippen LogP contribution in [0.1, 0.15) is 76.2 Å². The van der Waals surface area contributed by atoms with Crippen molar-refractivity contribution in [3.8, 4) is 11.3 Å². The van der Waals surface area contributed by atoms with Crippen molar-refractivity contribution < 1.29 is 9.90 Å². The second-order valence-corrected chi connectivity index (χ2v) is 13.7. The van der Waals surface area contributed by atoms with Crippen molar-refractivity contribution in [3.63, 3.8) is 0 Å². The van der Waals surface area contributed by atoms with Gasteiger partial charge >= 0.3 is 0 Å². The maximum absolute atomic E-state index is 12.8. The van der Waals surface area contributed by atoms with Gasteiger partial charge in [0.25, 0.3) is 5.91 Å². The van der Waals surface area contributed by atoms with Crippen LogP contribution in [-0.4, -0.2) is 44.3 Å². The summed E-state index contributed by atoms with van der Waals surface area (Å²) in [4.78, 5) is 22.7. The van der Waals surface area contributed by atoms with E-state index in [1.807, 2.05) is 36.0 Å². The first kappa shape index (κ1) is 29.6. The summed E-state index contributed by atoms with van der Waals surface area (Å²) in [5, 5.41) is 13.3. The van der Waals surface area contributed by atoms with E-state index in [1.165, 1.54) is 34.2 Å². The minimum Gasteiger partial charge on any atom is -0.394 e. The number of carbonyl (C=O) groups is 1. The van der Waals surface area contributed by atoms with Crippen molar-refractivity contribution in [2.75, 3.05) is 18.1 Å². The molecule has 1 aliphatic carbocycles. The summed E-state index contributed by atoms with van der Waals surface area (Å²) < 4.78 is 0. The smallest absolute Gasteiger partial charge is 0.257 e. The molecule has 2 N–H and O–H groups in total. The average molecular weight is 564 g/mol. The van der Waals surface area contributed by atoms with Gasteiger partial charge in [-0.05, 0) is 59.1 Å². The van der Waals surface area contributed by atoms with E-state index in [2.05, 4.69) is 58.7 Å². The first-order chi connectivity index (χ1) is 18.7. The number of hydrogen-bond donors (Lipinski definition) is 2. The zero-order chi connectivity index (χ0) is 28.1. The van der Waals surface area contributed by atoms with Crippen molar-refractivity contribution in [3.05, 3.63) is 76.1 Å². The van der Waals surface area contributed by atoms with Crippen LogP contribution in [0.4, 0.5) is 0 Å². The Morgan fingerprint density at radius 1 is 1.18 bits per heavy atom. The molecule has 0 saturated heterocycles. The number of hydrogen-bond acceptors (Lipinski definition) is 6. The molecule has 2 aliphatic rings. The van der Waals surface area contributed by atoms with E-state index in [-0.39, 0.29) is 17.8 Å². The van der Waals surface area contributed by atoms with E-state index in [0.717, 1.165) is 41.1 Å². The van der Waals surface area contributed by atoms with Gasteiger partial charge in [0.2, 0.25) is 0 Å². The Morgan fingerprint density at radius 3 is 2.56 bits per heavy atom. The number of thioether (sulfide) groups is 2. The van der Waals surface area contributed by atoms with Gasteiger partial charge in [-0.15, -0.1) is 11.8 Å². The molecule has 0 bridgehead atoms. The molecule has 1 aliphatic heterocycles. The van der Waals surface area contributed by atoms with Gasteiger partial charge < -0.3 is 10.4 Å². The Bertz CT molecular complexity index is 1250. The fourth-order valence-electron chi connectivity index (χ4n) is 5.04. The summed E-state index contributed by atoms with van der Waals surface area (Å²) in [6, 6.07) is 7.49. The minimum atomic E-state index is -0.507. The Kier molecular flexibility index (Phi) is 10.1. The lowest BCUT2D eigenvalue weighted by molar-refractivity contribution is -0.117. The second-order valence-electron chi connectivity index (χ2n) is 11.0. The molecule has 208 valence electrons. The van der Waals surface area contributed by atoms with Gasteiger partial charge in [-0.1, -0.05) is 71.5 Å². The molecular formula is C32H41N3O2S2. The van der Waals surface area contributed by atoms with E-state index in [0.29, 0.717) is 22.7 Å². The monoisotopic (exact) mass is 563 g/mol. The zero-order valence-electron chi connectivity index (χ0n) is 23.7. The van der Waals surface area contributed by atoms with Crippen LogP contribution in [0.2, 0.25) is 0 Å². The number of benzene rings is 1. The molecule has 1 aromatic carbocycles. The highest BCUT2D eigenvalue weighted by atomic mass is 32.2. The topological polar surface area (TPSA) is 75.1 Å². The predicted molar refractivity (Wildman–Crippen MR) is 167 cm³/mol. The molecule has 4 rings (SSSR count). The standard InChI is InChI=1S/C32H41N3O2S2/c1-19(2)22(5)39-23(6)32(37)35-29(17-36)25-7-9-26(10-8-25)31-30-21(4)20(3)15-27(16-28(30)33-18-34-31)24-11-13-38-14-12-24/h7-11,16,18-22,29,36H,6,12-15,17H2,1-5H3,(H,35,37). The molecule has 1 aromatic heterocycles. The second kappa shape index (κ2) is 13.3. The number of nitrogens with zero attached hydrogens (tertiary/aromatic N) is 2. The minimum absolute atomic E-state index is 0.192. The Balaban J connectivity index is 1.58. The maximum atomic E-state index is 12.8. The third kappa shape index (κ3) is 7.05. The highest BCUT2D eigenvalue weighted by molar-refractivity contribution is 8.04. The number of nitrogens with one attached hydrogen (secondary N) is 1. The Hall–Kier alpha value is -2.35. The van der Waals surface area contributed by atoms with E-state index in [9.17, 15) is 9.90 Å². The van der Waals surface area contributed by atoms with Crippen LogP contribution >= 0.6 is 23.5 Å². The van der Waals surface area contributed by atoms with Crippen molar-refractivity contribution in [2.45, 2.75) is 64.7 Å². The van der Waals surface area contributed by atoms with Gasteiger partial charge in [0.05, 0.1) is 28.9 Å². The summed E-state index contributed by atoms with van der Waals surface area (Å²) in [5.41, 5.74) is 7.90. The molecule has 2 heterocycles. The maximum Gasteiger partial charge on any atom is 0.257 e. The lowest BCUT2D eigenvalue weighted by Crippen LogP contribution is -2.31. The molecule has 4 unspecified atom stereocenters. The SMILES string of the molecule is C=C(SC(C)C(C)C)C(=O)NC(CO)c1ccc(-c2ncnc3c2C(C)C(C)CC(C2=CCSCC2)=C3)cc1. The van der Waals surface area contributed by atoms with Crippen molar-refractivity contribution in [1.29, 1.82) is 0 Å². The Labute approximate surface area is 242 Å². The molecule has 0 fully saturated rings. The summed E-state index contributed by atoms with van der Waals surface area (Å²) in [6.07, 6.45) is 8.52. The molecule has 2 aromatic rings. The van der Waals surface area contributed by atoms with E-state index in [4.69, 9.17) is 9.97 Å². The summed E-state index contributed by atoms with van der Waals surface area (Å²) in [7, 11) is 0. The van der Waals surface area contributed by atoms with Gasteiger partial charge in [-0.2, -0.15) is 11.8 Å². The van der Waals surface area contributed by atoms with Crippen LogP contribution in [0.5, 0.6) is 0 Å². The van der Waals surface area contributed by atoms with Crippen LogP contribution in [0, 0.1) is 11.8 Å². The lowest BCUT2D eigenvalue weighted by atomic mass is 9.83. The normalized spacial score (nSPS) is 20.8. The quantitative estimate of drug-likeness (QED) is 0.315. The Morgan fingerprint density at radius 2 is 1.92 bits per heavy atom. The lowest BCUT2D eigenvalue weighted by Gasteiger charge is -2.23. The van der Waals surface area contributed by atoms with Crippen LogP contribution in [0.3, 0.4) is 0 Å². The van der Waals surface area contributed by atoms with Crippen molar-refractivity contribution in [1.82, 2.24) is 15.3 Å². The molecule has 39 heavy (non-hydrogen) atoms. The van der Waals surface area contributed by atoms with Crippen molar-refractivity contribution >= 4 is 35.5 Å². The van der Waals surface area contributed by atoms with Crippen molar-refractivity contribution in [2.24, 2.45) is 11.8 Å². The number of fused-ring (bicyclic) bond motifs is 1. The molecule has 7 heteroatoms. The molecule has 0 radical (unpaired) electrons. The molecular weight excluding hydrogens is 523 g/mol. The van der Waals surface area contributed by atoms with Gasteiger partial charge in [0, 0.05) is 22.1 Å². The fourth-order valence-corrected chi connectivity index (χ4v) is 6.78. The average Bonchev–Trinajstić information content (AvgIpc) is 3.07. The van der Waals surface area contributed by atoms with Crippen LogP contribution in [-0.2, 0) is 4.79 Å². The van der Waals surface area contributed by atoms with E-state index >= 15 is 0 Å². The molecule has 4 atom stereocenters. The zero-order valence-corrected chi connectivity index (χ0v) is 25.4. The summed E-state index contributed by atoms with van der Waals surface area (Å²) in [5.74, 6) is 3.24. The number of allylic oxidation sites excluding steroid dienone is 2. The summed E-state index contributed by atoms with van der Waals surface area (Å²) >= 11 is 3.47. The predicted octanol–water partition coefficient (Wildman–Crippen LogP) is 7.17. The van der Waals surface area contributed by atoms with Gasteiger partial charge in [-0.3, -0.25) is 4.79 Å². The number of carbonyl (C=O) groups excluding carboxylic acids is 1. The number of rotatable bonds is 9.